The van der Waals surface area contributed by atoms with Crippen LogP contribution in [0.15, 0.2) is 11.4 Å². The van der Waals surface area contributed by atoms with E-state index >= 15 is 0 Å². The highest BCUT2D eigenvalue weighted by Gasteiger charge is 2.15. The van der Waals surface area contributed by atoms with Crippen molar-refractivity contribution in [3.63, 3.8) is 0 Å². The topological polar surface area (TPSA) is 12.0 Å². The van der Waals surface area contributed by atoms with Gasteiger partial charge < -0.3 is 5.32 Å². The van der Waals surface area contributed by atoms with Crippen molar-refractivity contribution in [2.45, 2.75) is 40.2 Å². The van der Waals surface area contributed by atoms with Crippen LogP contribution in [-0.4, -0.2) is 6.54 Å². The average Bonchev–Trinajstić information content (AvgIpc) is 2.52. The van der Waals surface area contributed by atoms with Gasteiger partial charge in [0.15, 0.2) is 0 Å². The second-order valence-corrected chi connectivity index (χ2v) is 5.28. The highest BCUT2D eigenvalue weighted by Crippen LogP contribution is 2.25. The van der Waals surface area contributed by atoms with Gasteiger partial charge in [-0.2, -0.15) is 0 Å². The normalized spacial score (nSPS) is 13.5. The predicted octanol–water partition coefficient (Wildman–Crippen LogP) is 3.75. The molecule has 1 N–H and O–H groups in total. The van der Waals surface area contributed by atoms with Crippen LogP contribution in [0, 0.1) is 12.8 Å². The maximum absolute atomic E-state index is 3.61. The van der Waals surface area contributed by atoms with Crippen molar-refractivity contribution in [3.8, 4) is 0 Å². The van der Waals surface area contributed by atoms with Crippen LogP contribution in [0.3, 0.4) is 0 Å². The lowest BCUT2D eigenvalue weighted by Gasteiger charge is -2.21. The first-order valence-corrected chi connectivity index (χ1v) is 6.31. The molecular weight excluding hydrogens is 190 g/mol. The Hall–Kier alpha value is -0.340. The number of aryl methyl sites for hydroxylation is 1. The monoisotopic (exact) mass is 211 g/mol. The zero-order chi connectivity index (χ0) is 10.6. The lowest BCUT2D eigenvalue weighted by Crippen LogP contribution is -2.25. The van der Waals surface area contributed by atoms with Crippen LogP contribution in [0.2, 0.25) is 0 Å². The molecule has 0 spiro atoms. The molecule has 14 heavy (non-hydrogen) atoms. The smallest absolute Gasteiger partial charge is 0.0351 e. The quantitative estimate of drug-likeness (QED) is 0.782. The molecule has 80 valence electrons. The van der Waals surface area contributed by atoms with Gasteiger partial charge in [0.1, 0.15) is 0 Å². The standard InChI is InChI=1S/C12H21NS/c1-5-6-13-12(9(2)3)11-7-10(4)14-8-11/h7-9,12-13H,5-6H2,1-4H3. The predicted molar refractivity (Wildman–Crippen MR) is 64.9 cm³/mol. The molecule has 1 atom stereocenters. The average molecular weight is 211 g/mol. The van der Waals surface area contributed by atoms with Crippen LogP contribution in [0.4, 0.5) is 0 Å². The molecule has 1 nitrogen and oxygen atoms in total. The third-order valence-corrected chi connectivity index (χ3v) is 3.27. The second-order valence-electron chi connectivity index (χ2n) is 4.17. The molecule has 0 bridgehead atoms. The summed E-state index contributed by atoms with van der Waals surface area (Å²) < 4.78 is 0. The summed E-state index contributed by atoms with van der Waals surface area (Å²) in [6.07, 6.45) is 1.20. The molecule has 0 saturated heterocycles. The van der Waals surface area contributed by atoms with Gasteiger partial charge in [0.2, 0.25) is 0 Å². The molecule has 0 fully saturated rings. The lowest BCUT2D eigenvalue weighted by molar-refractivity contribution is 0.413. The molecular formula is C12H21NS. The zero-order valence-corrected chi connectivity index (χ0v) is 10.4. The molecule has 0 aliphatic carbocycles. The van der Waals surface area contributed by atoms with Crippen molar-refractivity contribution in [3.05, 3.63) is 21.9 Å². The van der Waals surface area contributed by atoms with Crippen molar-refractivity contribution in [1.82, 2.24) is 5.32 Å². The van der Waals surface area contributed by atoms with E-state index in [0.29, 0.717) is 12.0 Å². The lowest BCUT2D eigenvalue weighted by atomic mass is 9.98. The molecule has 0 radical (unpaired) electrons. The molecule has 1 heterocycles. The van der Waals surface area contributed by atoms with Gasteiger partial charge in [-0.15, -0.1) is 11.3 Å². The summed E-state index contributed by atoms with van der Waals surface area (Å²) in [6.45, 7) is 10.0. The first kappa shape index (κ1) is 11.7. The minimum Gasteiger partial charge on any atom is -0.310 e. The molecule has 0 aromatic carbocycles. The van der Waals surface area contributed by atoms with Crippen molar-refractivity contribution in [2.24, 2.45) is 5.92 Å². The number of thiophene rings is 1. The van der Waals surface area contributed by atoms with Crippen molar-refractivity contribution >= 4 is 11.3 Å². The highest BCUT2D eigenvalue weighted by molar-refractivity contribution is 7.10. The first-order valence-electron chi connectivity index (χ1n) is 5.43. The van der Waals surface area contributed by atoms with E-state index in [9.17, 15) is 0 Å². The highest BCUT2D eigenvalue weighted by atomic mass is 32.1. The van der Waals surface area contributed by atoms with Crippen molar-refractivity contribution < 1.29 is 0 Å². The SMILES string of the molecule is CCCNC(c1csc(C)c1)C(C)C. The van der Waals surface area contributed by atoms with E-state index in [0.717, 1.165) is 6.54 Å². The Morgan fingerprint density at radius 2 is 2.14 bits per heavy atom. The molecule has 1 aromatic heterocycles. The summed E-state index contributed by atoms with van der Waals surface area (Å²) in [4.78, 5) is 1.41. The van der Waals surface area contributed by atoms with Gasteiger partial charge in [-0.3, -0.25) is 0 Å². The zero-order valence-electron chi connectivity index (χ0n) is 9.63. The largest absolute Gasteiger partial charge is 0.310 e. The van der Waals surface area contributed by atoms with Gasteiger partial charge in [0.05, 0.1) is 0 Å². The maximum atomic E-state index is 3.61. The fourth-order valence-corrected chi connectivity index (χ4v) is 2.41. The molecule has 0 saturated carbocycles. The summed E-state index contributed by atoms with van der Waals surface area (Å²) in [6, 6.07) is 2.83. The molecule has 1 aromatic rings. The molecule has 0 aliphatic heterocycles. The van der Waals surface area contributed by atoms with Crippen LogP contribution in [-0.2, 0) is 0 Å². The van der Waals surface area contributed by atoms with E-state index in [1.807, 2.05) is 11.3 Å². The van der Waals surface area contributed by atoms with Gasteiger partial charge in [-0.25, -0.2) is 0 Å². The van der Waals surface area contributed by atoms with E-state index in [2.05, 4.69) is 44.5 Å². The Bertz CT molecular complexity index is 265. The van der Waals surface area contributed by atoms with Gasteiger partial charge >= 0.3 is 0 Å². The van der Waals surface area contributed by atoms with E-state index in [1.54, 1.807) is 0 Å². The van der Waals surface area contributed by atoms with Crippen LogP contribution < -0.4 is 5.32 Å². The van der Waals surface area contributed by atoms with Gasteiger partial charge in [-0.05, 0) is 42.8 Å². The van der Waals surface area contributed by atoms with Crippen LogP contribution in [0.5, 0.6) is 0 Å². The molecule has 1 rings (SSSR count). The number of hydrogen-bond acceptors (Lipinski definition) is 2. The summed E-state index contributed by atoms with van der Waals surface area (Å²) in [5.74, 6) is 0.663. The summed E-state index contributed by atoms with van der Waals surface area (Å²) in [5, 5.41) is 5.89. The van der Waals surface area contributed by atoms with Crippen LogP contribution in [0.1, 0.15) is 43.7 Å². The van der Waals surface area contributed by atoms with E-state index in [1.165, 1.54) is 16.9 Å². The molecule has 0 amide bonds. The van der Waals surface area contributed by atoms with Crippen LogP contribution in [0.25, 0.3) is 0 Å². The van der Waals surface area contributed by atoms with Gasteiger partial charge in [0.25, 0.3) is 0 Å². The second kappa shape index (κ2) is 5.52. The summed E-state index contributed by atoms with van der Waals surface area (Å²) in [5.41, 5.74) is 1.45. The fraction of sp³-hybridized carbons (Fsp3) is 0.667. The fourth-order valence-electron chi connectivity index (χ4n) is 1.67. The third-order valence-electron chi connectivity index (χ3n) is 2.39. The van der Waals surface area contributed by atoms with E-state index < -0.39 is 0 Å². The number of nitrogens with one attached hydrogen (secondary N) is 1. The molecule has 1 unspecified atom stereocenters. The van der Waals surface area contributed by atoms with Crippen molar-refractivity contribution in [2.75, 3.05) is 6.54 Å². The van der Waals surface area contributed by atoms with Crippen molar-refractivity contribution in [1.29, 1.82) is 0 Å². The minimum absolute atomic E-state index is 0.528. The van der Waals surface area contributed by atoms with E-state index in [4.69, 9.17) is 0 Å². The maximum Gasteiger partial charge on any atom is 0.0351 e. The molecule has 2 heteroatoms. The minimum atomic E-state index is 0.528. The Labute approximate surface area is 91.5 Å². The summed E-state index contributed by atoms with van der Waals surface area (Å²) in [7, 11) is 0. The summed E-state index contributed by atoms with van der Waals surface area (Å²) >= 11 is 1.84. The number of rotatable bonds is 5. The number of hydrogen-bond donors (Lipinski definition) is 1. The Balaban J connectivity index is 2.67. The van der Waals surface area contributed by atoms with Gasteiger partial charge in [0, 0.05) is 10.9 Å². The van der Waals surface area contributed by atoms with Crippen LogP contribution >= 0.6 is 11.3 Å². The Morgan fingerprint density at radius 1 is 1.43 bits per heavy atom. The Kier molecular flexibility index (Phi) is 4.63. The van der Waals surface area contributed by atoms with E-state index in [-0.39, 0.29) is 0 Å². The Morgan fingerprint density at radius 3 is 2.57 bits per heavy atom. The first-order chi connectivity index (χ1) is 6.65. The third kappa shape index (κ3) is 3.10. The molecule has 0 aliphatic rings. The van der Waals surface area contributed by atoms with Gasteiger partial charge in [-0.1, -0.05) is 20.8 Å².